The Hall–Kier alpha value is -1.71. The van der Waals surface area contributed by atoms with E-state index < -0.39 is 0 Å². The van der Waals surface area contributed by atoms with E-state index in [1.165, 1.54) is 22.2 Å². The molecule has 0 aliphatic rings. The van der Waals surface area contributed by atoms with Crippen molar-refractivity contribution in [3.8, 4) is 0 Å². The molecule has 0 fully saturated rings. The van der Waals surface area contributed by atoms with Gasteiger partial charge in [0.1, 0.15) is 5.82 Å². The maximum absolute atomic E-state index is 12.9. The van der Waals surface area contributed by atoms with Gasteiger partial charge in [0.05, 0.1) is 0 Å². The highest BCUT2D eigenvalue weighted by Gasteiger charge is 2.11. The summed E-state index contributed by atoms with van der Waals surface area (Å²) < 4.78 is 14.1. The zero-order valence-corrected chi connectivity index (χ0v) is 11.2. The summed E-state index contributed by atoms with van der Waals surface area (Å²) in [7, 11) is 0. The van der Waals surface area contributed by atoms with Gasteiger partial charge in [0.2, 0.25) is 0 Å². The molecule has 1 nitrogen and oxygen atoms in total. The molecule has 0 radical (unpaired) electrons. The van der Waals surface area contributed by atoms with Gasteiger partial charge in [-0.1, -0.05) is 30.3 Å². The molecule has 2 N–H and O–H groups in total. The first-order chi connectivity index (χ1) is 9.24. The van der Waals surface area contributed by atoms with Crippen LogP contribution < -0.4 is 5.73 Å². The molecule has 2 aromatic carbocycles. The van der Waals surface area contributed by atoms with Crippen LogP contribution in [0.4, 0.5) is 4.39 Å². The average Bonchev–Trinajstić information content (AvgIpc) is 2.89. The van der Waals surface area contributed by atoms with Gasteiger partial charge in [0, 0.05) is 10.7 Å². The van der Waals surface area contributed by atoms with Crippen LogP contribution in [-0.4, -0.2) is 0 Å². The maximum atomic E-state index is 12.9. The number of benzene rings is 2. The lowest BCUT2D eigenvalue weighted by atomic mass is 9.99. The Labute approximate surface area is 115 Å². The molecule has 1 unspecified atom stereocenters. The Bertz CT molecular complexity index is 687. The van der Waals surface area contributed by atoms with Crippen LogP contribution in [0.3, 0.4) is 0 Å². The van der Waals surface area contributed by atoms with E-state index in [2.05, 4.69) is 23.6 Å². The van der Waals surface area contributed by atoms with Crippen molar-refractivity contribution in [2.45, 2.75) is 12.5 Å². The van der Waals surface area contributed by atoms with Crippen molar-refractivity contribution in [3.63, 3.8) is 0 Å². The van der Waals surface area contributed by atoms with Crippen LogP contribution in [-0.2, 0) is 6.42 Å². The number of thiophene rings is 1. The third-order valence-corrected chi connectivity index (χ3v) is 4.26. The SMILES string of the molecule is NC(Cc1ccc(F)cc1)c1cccc2ccsc12. The molecule has 19 heavy (non-hydrogen) atoms. The quantitative estimate of drug-likeness (QED) is 0.756. The molecule has 0 amide bonds. The lowest BCUT2D eigenvalue weighted by molar-refractivity contribution is 0.625. The molecule has 1 atom stereocenters. The van der Waals surface area contributed by atoms with Crippen molar-refractivity contribution in [2.75, 3.05) is 0 Å². The molecule has 0 saturated carbocycles. The Kier molecular flexibility index (Phi) is 3.32. The predicted molar refractivity (Wildman–Crippen MR) is 78.9 cm³/mol. The molecular weight excluding hydrogens is 257 g/mol. The van der Waals surface area contributed by atoms with Gasteiger partial charge >= 0.3 is 0 Å². The number of hydrogen-bond acceptors (Lipinski definition) is 2. The summed E-state index contributed by atoms with van der Waals surface area (Å²) in [5.74, 6) is -0.210. The van der Waals surface area contributed by atoms with Crippen molar-refractivity contribution in [1.82, 2.24) is 0 Å². The van der Waals surface area contributed by atoms with E-state index in [0.29, 0.717) is 0 Å². The van der Waals surface area contributed by atoms with Gasteiger partial charge in [-0.15, -0.1) is 11.3 Å². The summed E-state index contributed by atoms with van der Waals surface area (Å²) in [5.41, 5.74) is 8.52. The smallest absolute Gasteiger partial charge is 0.123 e. The molecule has 1 aromatic heterocycles. The third kappa shape index (κ3) is 2.53. The zero-order valence-electron chi connectivity index (χ0n) is 10.3. The van der Waals surface area contributed by atoms with Crippen LogP contribution in [0.1, 0.15) is 17.2 Å². The van der Waals surface area contributed by atoms with Gasteiger partial charge in [-0.25, -0.2) is 4.39 Å². The molecule has 0 aliphatic heterocycles. The fraction of sp³-hybridized carbons (Fsp3) is 0.125. The summed E-state index contributed by atoms with van der Waals surface area (Å²) in [6, 6.07) is 14.8. The second-order valence-corrected chi connectivity index (χ2v) is 5.54. The Morgan fingerprint density at radius 2 is 1.84 bits per heavy atom. The summed E-state index contributed by atoms with van der Waals surface area (Å²) in [6.45, 7) is 0. The maximum Gasteiger partial charge on any atom is 0.123 e. The van der Waals surface area contributed by atoms with E-state index >= 15 is 0 Å². The highest BCUT2D eigenvalue weighted by atomic mass is 32.1. The first kappa shape index (κ1) is 12.3. The molecule has 3 heteroatoms. The first-order valence-electron chi connectivity index (χ1n) is 6.20. The molecule has 96 valence electrons. The van der Waals surface area contributed by atoms with Crippen LogP contribution in [0, 0.1) is 5.82 Å². The van der Waals surface area contributed by atoms with E-state index in [-0.39, 0.29) is 11.9 Å². The molecule has 0 spiro atoms. The second-order valence-electron chi connectivity index (χ2n) is 4.62. The molecule has 3 rings (SSSR count). The molecule has 1 heterocycles. The van der Waals surface area contributed by atoms with Crippen LogP contribution in [0.5, 0.6) is 0 Å². The number of halogens is 1. The number of fused-ring (bicyclic) bond motifs is 1. The number of hydrogen-bond donors (Lipinski definition) is 1. The Balaban J connectivity index is 1.89. The number of nitrogens with two attached hydrogens (primary N) is 1. The minimum atomic E-state index is -0.210. The largest absolute Gasteiger partial charge is 0.324 e. The standard InChI is InChI=1S/C16H14FNS/c17-13-6-4-11(5-7-13)10-15(18)14-3-1-2-12-8-9-19-16(12)14/h1-9,15H,10,18H2. The van der Waals surface area contributed by atoms with Gasteiger partial charge in [-0.2, -0.15) is 0 Å². The molecule has 0 aliphatic carbocycles. The van der Waals surface area contributed by atoms with Crippen LogP contribution in [0.2, 0.25) is 0 Å². The summed E-state index contributed by atoms with van der Waals surface area (Å²) >= 11 is 1.72. The lowest BCUT2D eigenvalue weighted by Crippen LogP contribution is -2.13. The van der Waals surface area contributed by atoms with Crippen molar-refractivity contribution >= 4 is 21.4 Å². The average molecular weight is 271 g/mol. The zero-order chi connectivity index (χ0) is 13.2. The van der Waals surface area contributed by atoms with E-state index in [4.69, 9.17) is 5.73 Å². The molecule has 0 bridgehead atoms. The normalized spacial score (nSPS) is 12.7. The van der Waals surface area contributed by atoms with E-state index in [1.807, 2.05) is 6.07 Å². The minimum Gasteiger partial charge on any atom is -0.324 e. The molecular formula is C16H14FNS. The lowest BCUT2D eigenvalue weighted by Gasteiger charge is -2.13. The van der Waals surface area contributed by atoms with Gasteiger partial charge in [0.25, 0.3) is 0 Å². The summed E-state index contributed by atoms with van der Waals surface area (Å²) in [5, 5.41) is 3.32. The van der Waals surface area contributed by atoms with Gasteiger partial charge < -0.3 is 5.73 Å². The summed E-state index contributed by atoms with van der Waals surface area (Å²) in [6.07, 6.45) is 0.720. The van der Waals surface area contributed by atoms with Crippen molar-refractivity contribution in [1.29, 1.82) is 0 Å². The van der Waals surface area contributed by atoms with Gasteiger partial charge in [0.15, 0.2) is 0 Å². The summed E-state index contributed by atoms with van der Waals surface area (Å²) in [4.78, 5) is 0. The van der Waals surface area contributed by atoms with Crippen LogP contribution in [0.25, 0.3) is 10.1 Å². The topological polar surface area (TPSA) is 26.0 Å². The van der Waals surface area contributed by atoms with E-state index in [0.717, 1.165) is 17.5 Å². The monoisotopic (exact) mass is 271 g/mol. The van der Waals surface area contributed by atoms with E-state index in [1.54, 1.807) is 23.5 Å². The van der Waals surface area contributed by atoms with Crippen LogP contribution in [0.15, 0.2) is 53.9 Å². The highest BCUT2D eigenvalue weighted by Crippen LogP contribution is 2.29. The predicted octanol–water partition coefficient (Wildman–Crippen LogP) is 4.28. The van der Waals surface area contributed by atoms with Crippen molar-refractivity contribution in [2.24, 2.45) is 5.73 Å². The fourth-order valence-corrected chi connectivity index (χ4v) is 3.27. The minimum absolute atomic E-state index is 0.0622. The fourth-order valence-electron chi connectivity index (χ4n) is 2.29. The van der Waals surface area contributed by atoms with Crippen LogP contribution >= 0.6 is 11.3 Å². The van der Waals surface area contributed by atoms with Crippen molar-refractivity contribution in [3.05, 3.63) is 70.9 Å². The highest BCUT2D eigenvalue weighted by molar-refractivity contribution is 7.17. The molecule has 0 saturated heterocycles. The van der Waals surface area contributed by atoms with Gasteiger partial charge in [-0.3, -0.25) is 0 Å². The third-order valence-electron chi connectivity index (χ3n) is 3.28. The second kappa shape index (κ2) is 5.11. The molecule has 3 aromatic rings. The van der Waals surface area contributed by atoms with E-state index in [9.17, 15) is 4.39 Å². The number of rotatable bonds is 3. The van der Waals surface area contributed by atoms with Gasteiger partial charge in [-0.05, 0) is 46.5 Å². The van der Waals surface area contributed by atoms with Crippen molar-refractivity contribution < 1.29 is 4.39 Å². The Morgan fingerprint density at radius 3 is 2.63 bits per heavy atom. The Morgan fingerprint density at radius 1 is 1.05 bits per heavy atom. The first-order valence-corrected chi connectivity index (χ1v) is 7.08.